The first kappa shape index (κ1) is 33.5. The first-order valence-corrected chi connectivity index (χ1v) is 16.5. The maximum absolute atomic E-state index is 14.5. The van der Waals surface area contributed by atoms with Crippen LogP contribution in [0.3, 0.4) is 0 Å². The van der Waals surface area contributed by atoms with Crippen LogP contribution < -0.4 is 0 Å². The van der Waals surface area contributed by atoms with Crippen LogP contribution in [0.1, 0.15) is 79.7 Å². The van der Waals surface area contributed by atoms with Gasteiger partial charge in [-0.2, -0.15) is 0 Å². The van der Waals surface area contributed by atoms with Crippen molar-refractivity contribution in [2.45, 2.75) is 92.5 Å². The van der Waals surface area contributed by atoms with Crippen molar-refractivity contribution in [3.05, 3.63) is 71.2 Å². The van der Waals surface area contributed by atoms with Gasteiger partial charge in [0, 0.05) is 53.8 Å². The molecule has 1 aromatic rings. The van der Waals surface area contributed by atoms with Gasteiger partial charge in [0.25, 0.3) is 5.95 Å². The van der Waals surface area contributed by atoms with Crippen molar-refractivity contribution in [1.82, 2.24) is 0 Å². The molecule has 7 heteroatoms. The Kier molecular flexibility index (Phi) is 9.45. The molecule has 4 aliphatic rings. The molecule has 45 heavy (non-hydrogen) atoms. The predicted octanol–water partition coefficient (Wildman–Crippen LogP) is 7.36. The van der Waals surface area contributed by atoms with Crippen LogP contribution in [0, 0.1) is 34.0 Å². The molecule has 1 spiro atoms. The first-order chi connectivity index (χ1) is 21.3. The van der Waals surface area contributed by atoms with Crippen LogP contribution in [-0.2, 0) is 39.9 Å². The number of methoxy groups -OCH3 is 1. The van der Waals surface area contributed by atoms with Crippen molar-refractivity contribution in [3.63, 3.8) is 0 Å². The Morgan fingerprint density at radius 3 is 2.51 bits per heavy atom. The van der Waals surface area contributed by atoms with Gasteiger partial charge in [-0.15, -0.1) is 0 Å². The smallest absolute Gasteiger partial charge is 0.315 e. The highest BCUT2D eigenvalue weighted by Gasteiger charge is 2.66. The van der Waals surface area contributed by atoms with Gasteiger partial charge in [0.05, 0.1) is 37.9 Å². The van der Waals surface area contributed by atoms with Gasteiger partial charge >= 0.3 is 5.97 Å². The number of rotatable bonds is 10. The van der Waals surface area contributed by atoms with Crippen molar-refractivity contribution in [1.29, 1.82) is 0 Å². The number of ketones is 1. The second kappa shape index (κ2) is 12.7. The molecule has 5 rings (SSSR count). The van der Waals surface area contributed by atoms with Crippen molar-refractivity contribution < 1.29 is 33.3 Å². The number of hydrogen-bond donors (Lipinski definition) is 0. The monoisotopic (exact) mass is 620 g/mol. The lowest BCUT2D eigenvalue weighted by atomic mass is 9.43. The van der Waals surface area contributed by atoms with Gasteiger partial charge in [-0.1, -0.05) is 61.4 Å². The van der Waals surface area contributed by atoms with E-state index in [9.17, 15) is 9.59 Å². The second-order valence-electron chi connectivity index (χ2n) is 15.1. The second-order valence-corrected chi connectivity index (χ2v) is 15.1. The minimum Gasteiger partial charge on any atom is -0.465 e. The normalized spacial score (nSPS) is 33.0. The lowest BCUT2D eigenvalue weighted by Gasteiger charge is -2.61. The van der Waals surface area contributed by atoms with Crippen LogP contribution in [-0.4, -0.2) is 50.4 Å². The summed E-state index contributed by atoms with van der Waals surface area (Å²) in [5, 5.41) is 0. The van der Waals surface area contributed by atoms with Crippen LogP contribution in [0.4, 0.5) is 0 Å². The van der Waals surface area contributed by atoms with E-state index < -0.39 is 21.8 Å². The first-order valence-electron chi connectivity index (χ1n) is 16.5. The number of allylic oxidation sites excluding steroid dienone is 4. The molecule has 1 saturated carbocycles. The van der Waals surface area contributed by atoms with Gasteiger partial charge in [-0.3, -0.25) is 9.59 Å². The zero-order chi connectivity index (χ0) is 32.6. The molecule has 7 nitrogen and oxygen atoms in total. The Labute approximate surface area is 269 Å². The number of Topliss-reactive ketones (excluding diaryl/α,β-unsaturated/α-hetero) is 1. The van der Waals surface area contributed by atoms with Crippen molar-refractivity contribution in [3.8, 4) is 0 Å². The Morgan fingerprint density at radius 1 is 1.11 bits per heavy atom. The molecule has 3 aliphatic carbocycles. The maximum Gasteiger partial charge on any atom is 0.315 e. The molecule has 0 aromatic heterocycles. The van der Waals surface area contributed by atoms with Crippen LogP contribution in [0.2, 0.25) is 0 Å². The van der Waals surface area contributed by atoms with Gasteiger partial charge in [-0.05, 0) is 59.9 Å². The highest BCUT2D eigenvalue weighted by molar-refractivity contribution is 6.01. The summed E-state index contributed by atoms with van der Waals surface area (Å²) < 4.78 is 30.7. The summed E-state index contributed by atoms with van der Waals surface area (Å²) >= 11 is 0. The Bertz CT molecular complexity index is 1350. The molecule has 1 aromatic carbocycles. The molecule has 0 radical (unpaired) electrons. The third-order valence-electron chi connectivity index (χ3n) is 10.4. The molecule has 1 fully saturated rings. The standard InChI is InChI=1S/C38H52O7/c1-25(2)44-32-20-31-36(7,33-26(3)28(22-41-8)19-29(33)39)18-15-30-37(31,24-43-32)16-12-17-38(30,34(40)45-35(4,5)6)23-42-21-27-13-10-9-11-14-27/h9-11,13-15,18,20,25,28,30-31H,12,16-17,19,21-24H2,1-8H3/t28?,30-,31+,36-,37-,38-/m1/s1. The molecule has 1 heterocycles. The summed E-state index contributed by atoms with van der Waals surface area (Å²) in [5.74, 6) is 0.110. The molecular weight excluding hydrogens is 568 g/mol. The van der Waals surface area contributed by atoms with E-state index in [1.54, 1.807) is 7.11 Å². The molecule has 0 amide bonds. The van der Waals surface area contributed by atoms with Gasteiger partial charge in [-0.25, -0.2) is 0 Å². The Morgan fingerprint density at radius 2 is 1.84 bits per heavy atom. The number of carbonyl (C=O) groups is 2. The zero-order valence-corrected chi connectivity index (χ0v) is 28.4. The van der Waals surface area contributed by atoms with Gasteiger partial charge < -0.3 is 23.7 Å². The van der Waals surface area contributed by atoms with Crippen molar-refractivity contribution in [2.75, 3.05) is 26.9 Å². The van der Waals surface area contributed by atoms with E-state index in [0.717, 1.165) is 29.6 Å². The van der Waals surface area contributed by atoms with E-state index in [1.165, 1.54) is 0 Å². The van der Waals surface area contributed by atoms with Gasteiger partial charge in [0.1, 0.15) is 5.60 Å². The van der Waals surface area contributed by atoms with E-state index in [0.29, 0.717) is 38.6 Å². The number of carbonyl (C=O) groups excluding carboxylic acids is 2. The Hall–Kier alpha value is -2.90. The molecular formula is C38H52O7. The molecule has 246 valence electrons. The lowest BCUT2D eigenvalue weighted by Crippen LogP contribution is -2.62. The van der Waals surface area contributed by atoms with Gasteiger partial charge in [0.2, 0.25) is 0 Å². The zero-order valence-electron chi connectivity index (χ0n) is 28.4. The summed E-state index contributed by atoms with van der Waals surface area (Å²) in [5.41, 5.74) is 0.332. The van der Waals surface area contributed by atoms with E-state index in [2.05, 4.69) is 32.1 Å². The molecule has 0 bridgehead atoms. The van der Waals surface area contributed by atoms with Gasteiger partial charge in [0.15, 0.2) is 5.78 Å². The van der Waals surface area contributed by atoms with Crippen LogP contribution in [0.25, 0.3) is 0 Å². The third-order valence-corrected chi connectivity index (χ3v) is 10.4. The quantitative estimate of drug-likeness (QED) is 0.200. The summed E-state index contributed by atoms with van der Waals surface area (Å²) in [6.07, 6.45) is 9.19. The predicted molar refractivity (Wildman–Crippen MR) is 173 cm³/mol. The minimum absolute atomic E-state index is 0.0604. The van der Waals surface area contributed by atoms with Crippen LogP contribution >= 0.6 is 0 Å². The molecule has 0 saturated heterocycles. The van der Waals surface area contributed by atoms with E-state index >= 15 is 0 Å². The van der Waals surface area contributed by atoms with Crippen molar-refractivity contribution >= 4 is 11.8 Å². The van der Waals surface area contributed by atoms with Crippen LogP contribution in [0.15, 0.2) is 65.7 Å². The molecule has 0 N–H and O–H groups in total. The fraction of sp³-hybridized carbons (Fsp3) is 0.632. The lowest BCUT2D eigenvalue weighted by molar-refractivity contribution is -0.198. The van der Waals surface area contributed by atoms with E-state index in [4.69, 9.17) is 23.7 Å². The number of esters is 1. The average Bonchev–Trinajstić information content (AvgIpc) is 3.25. The Balaban J connectivity index is 1.64. The molecule has 6 atom stereocenters. The fourth-order valence-corrected chi connectivity index (χ4v) is 8.61. The largest absolute Gasteiger partial charge is 0.465 e. The highest BCUT2D eigenvalue weighted by atomic mass is 16.7. The highest BCUT2D eigenvalue weighted by Crippen LogP contribution is 2.66. The molecule has 1 aliphatic heterocycles. The SMILES string of the molecule is COCC1CC(=O)C([C@]2(C)C=C[C@H]3[C@@](COCc4ccccc4)(C(=O)OC(C)(C)C)CCC[C@@]34COC(OC(C)C)=C[C@H]42)=C1C. The van der Waals surface area contributed by atoms with E-state index in [-0.39, 0.29) is 42.2 Å². The third kappa shape index (κ3) is 6.27. The van der Waals surface area contributed by atoms with Crippen molar-refractivity contribution in [2.24, 2.45) is 34.0 Å². The topological polar surface area (TPSA) is 80.3 Å². The fourth-order valence-electron chi connectivity index (χ4n) is 8.61. The summed E-state index contributed by atoms with van der Waals surface area (Å²) in [6, 6.07) is 10.0. The minimum atomic E-state index is -0.925. The molecule has 1 unspecified atom stereocenters. The number of benzene rings is 1. The summed E-state index contributed by atoms with van der Waals surface area (Å²) in [6.45, 7) is 15.5. The maximum atomic E-state index is 14.5. The van der Waals surface area contributed by atoms with E-state index in [1.807, 2.05) is 65.0 Å². The summed E-state index contributed by atoms with van der Waals surface area (Å²) in [7, 11) is 1.69. The summed E-state index contributed by atoms with van der Waals surface area (Å²) in [4.78, 5) is 28.3. The number of hydrogen-bond acceptors (Lipinski definition) is 7. The number of ether oxygens (including phenoxy) is 5. The average molecular weight is 621 g/mol. The van der Waals surface area contributed by atoms with Crippen LogP contribution in [0.5, 0.6) is 0 Å².